The van der Waals surface area contributed by atoms with Crippen molar-refractivity contribution >= 4 is 39.6 Å². The molecule has 0 radical (unpaired) electrons. The van der Waals surface area contributed by atoms with Crippen molar-refractivity contribution in [3.8, 4) is 0 Å². The lowest BCUT2D eigenvalue weighted by Gasteiger charge is -2.01. The lowest BCUT2D eigenvalue weighted by molar-refractivity contribution is 0.0698. The maximum atomic E-state index is 12.0. The van der Waals surface area contributed by atoms with Gasteiger partial charge in [0.1, 0.15) is 5.00 Å². The summed E-state index contributed by atoms with van der Waals surface area (Å²) < 4.78 is 0. The minimum Gasteiger partial charge on any atom is -0.478 e. The number of nitrogens with one attached hydrogen (secondary N) is 1. The van der Waals surface area contributed by atoms with Crippen LogP contribution in [0.5, 0.6) is 0 Å². The van der Waals surface area contributed by atoms with E-state index in [2.05, 4.69) is 5.32 Å². The predicted molar refractivity (Wildman–Crippen MR) is 77.7 cm³/mol. The minimum absolute atomic E-state index is 0.156. The molecule has 2 aromatic rings. The molecule has 0 spiro atoms. The summed E-state index contributed by atoms with van der Waals surface area (Å²) in [5, 5.41) is 12.2. The van der Waals surface area contributed by atoms with Crippen LogP contribution in [-0.4, -0.2) is 17.0 Å². The molecule has 2 N–H and O–H groups in total. The molecule has 6 heteroatoms. The molecule has 0 aliphatic heterocycles. The topological polar surface area (TPSA) is 66.4 Å². The molecule has 100 valence electrons. The Labute approximate surface area is 118 Å². The Morgan fingerprint density at radius 2 is 2.05 bits per heavy atom. The number of rotatable bonds is 4. The monoisotopic (exact) mass is 295 g/mol. The summed E-state index contributed by atoms with van der Waals surface area (Å²) in [6, 6.07) is 5.22. The molecule has 0 aliphatic rings. The van der Waals surface area contributed by atoms with Crippen LogP contribution in [0.2, 0.25) is 0 Å². The Bertz CT molecular complexity index is 628. The highest BCUT2D eigenvalue weighted by Crippen LogP contribution is 2.29. The van der Waals surface area contributed by atoms with Crippen LogP contribution >= 0.6 is 22.7 Å². The highest BCUT2D eigenvalue weighted by molar-refractivity contribution is 7.17. The highest BCUT2D eigenvalue weighted by atomic mass is 32.1. The van der Waals surface area contributed by atoms with Gasteiger partial charge in [0.25, 0.3) is 5.91 Å². The molecule has 0 atom stereocenters. The van der Waals surface area contributed by atoms with E-state index in [-0.39, 0.29) is 11.5 Å². The van der Waals surface area contributed by atoms with Crippen LogP contribution in [0.4, 0.5) is 5.00 Å². The van der Waals surface area contributed by atoms with Crippen molar-refractivity contribution in [3.05, 3.63) is 38.4 Å². The van der Waals surface area contributed by atoms with E-state index in [1.807, 2.05) is 19.9 Å². The SMILES string of the molecule is CCc1cc(C(=O)O)c(NC(=O)c2ccc(C)s2)s1. The van der Waals surface area contributed by atoms with Gasteiger partial charge in [-0.2, -0.15) is 0 Å². The van der Waals surface area contributed by atoms with Gasteiger partial charge in [0.2, 0.25) is 0 Å². The van der Waals surface area contributed by atoms with Crippen molar-refractivity contribution in [1.82, 2.24) is 0 Å². The molecular weight excluding hydrogens is 282 g/mol. The lowest BCUT2D eigenvalue weighted by atomic mass is 10.2. The largest absolute Gasteiger partial charge is 0.478 e. The van der Waals surface area contributed by atoms with Crippen LogP contribution < -0.4 is 5.32 Å². The summed E-state index contributed by atoms with van der Waals surface area (Å²) in [6.45, 7) is 3.87. The lowest BCUT2D eigenvalue weighted by Crippen LogP contribution is -2.11. The van der Waals surface area contributed by atoms with Gasteiger partial charge in [-0.1, -0.05) is 6.92 Å². The van der Waals surface area contributed by atoms with Crippen LogP contribution in [0, 0.1) is 6.92 Å². The van der Waals surface area contributed by atoms with Crippen molar-refractivity contribution in [2.75, 3.05) is 5.32 Å². The quantitative estimate of drug-likeness (QED) is 0.905. The fraction of sp³-hybridized carbons (Fsp3) is 0.231. The second-order valence-electron chi connectivity index (χ2n) is 3.98. The van der Waals surface area contributed by atoms with Crippen molar-refractivity contribution in [2.45, 2.75) is 20.3 Å². The van der Waals surface area contributed by atoms with Crippen LogP contribution in [0.15, 0.2) is 18.2 Å². The molecular formula is C13H13NO3S2. The third-order valence-corrected chi connectivity index (χ3v) is 4.75. The normalized spacial score (nSPS) is 10.4. The van der Waals surface area contributed by atoms with Gasteiger partial charge < -0.3 is 10.4 Å². The van der Waals surface area contributed by atoms with Crippen LogP contribution in [-0.2, 0) is 6.42 Å². The van der Waals surface area contributed by atoms with Gasteiger partial charge in [-0.3, -0.25) is 4.79 Å². The molecule has 0 unspecified atom stereocenters. The van der Waals surface area contributed by atoms with Gasteiger partial charge in [0.15, 0.2) is 0 Å². The van der Waals surface area contributed by atoms with Crippen LogP contribution in [0.1, 0.15) is 36.7 Å². The number of thiophene rings is 2. The molecule has 2 heterocycles. The van der Waals surface area contributed by atoms with Gasteiger partial charge in [-0.15, -0.1) is 22.7 Å². The number of aryl methyl sites for hydroxylation is 2. The van der Waals surface area contributed by atoms with E-state index in [1.165, 1.54) is 22.7 Å². The fourth-order valence-corrected chi connectivity index (χ4v) is 3.34. The van der Waals surface area contributed by atoms with E-state index in [0.29, 0.717) is 9.88 Å². The predicted octanol–water partition coefficient (Wildman–Crippen LogP) is 3.63. The van der Waals surface area contributed by atoms with Gasteiger partial charge >= 0.3 is 5.97 Å². The third kappa shape index (κ3) is 3.02. The summed E-state index contributed by atoms with van der Waals surface area (Å²) in [5.74, 6) is -1.28. The van der Waals surface area contributed by atoms with Crippen molar-refractivity contribution in [2.24, 2.45) is 0 Å². The third-order valence-electron chi connectivity index (χ3n) is 2.55. The molecule has 2 aromatic heterocycles. The minimum atomic E-state index is -1.02. The van der Waals surface area contributed by atoms with Gasteiger partial charge in [-0.05, 0) is 31.5 Å². The molecule has 0 saturated heterocycles. The number of amides is 1. The van der Waals surface area contributed by atoms with E-state index < -0.39 is 5.97 Å². The first-order valence-electron chi connectivity index (χ1n) is 5.75. The molecule has 0 aliphatic carbocycles. The molecule has 2 rings (SSSR count). The first-order chi connectivity index (χ1) is 9.01. The first kappa shape index (κ1) is 13.8. The Hall–Kier alpha value is -1.66. The number of carboxylic acid groups (broad SMARTS) is 1. The maximum Gasteiger partial charge on any atom is 0.338 e. The zero-order valence-electron chi connectivity index (χ0n) is 10.5. The number of hydrogen-bond acceptors (Lipinski definition) is 4. The van der Waals surface area contributed by atoms with Crippen LogP contribution in [0.25, 0.3) is 0 Å². The standard InChI is InChI=1S/C13H13NO3S2/c1-3-8-6-9(13(16)17)12(19-8)14-11(15)10-5-4-7(2)18-10/h4-6H,3H2,1-2H3,(H,14,15)(H,16,17). The number of anilines is 1. The van der Waals surface area contributed by atoms with Crippen LogP contribution in [0.3, 0.4) is 0 Å². The molecule has 0 fully saturated rings. The second kappa shape index (κ2) is 5.54. The Kier molecular flexibility index (Phi) is 4.01. The summed E-state index contributed by atoms with van der Waals surface area (Å²) >= 11 is 2.70. The molecule has 0 aromatic carbocycles. The van der Waals surface area contributed by atoms with E-state index >= 15 is 0 Å². The first-order valence-corrected chi connectivity index (χ1v) is 7.38. The molecule has 0 bridgehead atoms. The average molecular weight is 295 g/mol. The van der Waals surface area contributed by atoms with Gasteiger partial charge in [0, 0.05) is 9.75 Å². The number of carboxylic acids is 1. The summed E-state index contributed by atoms with van der Waals surface area (Å²) in [5.41, 5.74) is 0.156. The van der Waals surface area contributed by atoms with Crippen molar-refractivity contribution in [1.29, 1.82) is 0 Å². The highest BCUT2D eigenvalue weighted by Gasteiger charge is 2.18. The summed E-state index contributed by atoms with van der Waals surface area (Å²) in [6.07, 6.45) is 0.749. The molecule has 0 saturated carbocycles. The second-order valence-corrected chi connectivity index (χ2v) is 6.40. The van der Waals surface area contributed by atoms with Crippen molar-refractivity contribution in [3.63, 3.8) is 0 Å². The Morgan fingerprint density at radius 1 is 1.32 bits per heavy atom. The zero-order valence-corrected chi connectivity index (χ0v) is 12.2. The summed E-state index contributed by atoms with van der Waals surface area (Å²) in [7, 11) is 0. The van der Waals surface area contributed by atoms with E-state index in [0.717, 1.165) is 16.2 Å². The van der Waals surface area contributed by atoms with E-state index in [4.69, 9.17) is 5.11 Å². The molecule has 1 amide bonds. The summed E-state index contributed by atoms with van der Waals surface area (Å²) in [4.78, 5) is 25.7. The van der Waals surface area contributed by atoms with Gasteiger partial charge in [-0.25, -0.2) is 4.79 Å². The molecule has 19 heavy (non-hydrogen) atoms. The number of hydrogen-bond donors (Lipinski definition) is 2. The maximum absolute atomic E-state index is 12.0. The van der Waals surface area contributed by atoms with Gasteiger partial charge in [0.05, 0.1) is 10.4 Å². The number of carbonyl (C=O) groups excluding carboxylic acids is 1. The Morgan fingerprint density at radius 3 is 2.58 bits per heavy atom. The smallest absolute Gasteiger partial charge is 0.338 e. The Balaban J connectivity index is 2.25. The van der Waals surface area contributed by atoms with E-state index in [1.54, 1.807) is 12.1 Å². The fourth-order valence-electron chi connectivity index (χ4n) is 1.59. The molecule has 4 nitrogen and oxygen atoms in total. The zero-order chi connectivity index (χ0) is 14.0. The average Bonchev–Trinajstić information content (AvgIpc) is 2.95. The number of carbonyl (C=O) groups is 2. The van der Waals surface area contributed by atoms with E-state index in [9.17, 15) is 9.59 Å². The number of aromatic carboxylic acids is 1. The van der Waals surface area contributed by atoms with Crippen molar-refractivity contribution < 1.29 is 14.7 Å².